The molecule has 1 unspecified atom stereocenters. The first kappa shape index (κ1) is 26.7. The average molecular weight is 514 g/mol. The van der Waals surface area contributed by atoms with E-state index in [9.17, 15) is 14.4 Å². The van der Waals surface area contributed by atoms with Crippen LogP contribution in [0.4, 0.5) is 4.79 Å². The van der Waals surface area contributed by atoms with Gasteiger partial charge in [-0.15, -0.1) is 0 Å². The Kier molecular flexibility index (Phi) is 8.19. The molecule has 37 heavy (non-hydrogen) atoms. The summed E-state index contributed by atoms with van der Waals surface area (Å²) in [5, 5.41) is 1.31. The first-order chi connectivity index (χ1) is 17.7. The van der Waals surface area contributed by atoms with Crippen LogP contribution in [0.5, 0.6) is 5.75 Å². The van der Waals surface area contributed by atoms with Crippen molar-refractivity contribution in [3.05, 3.63) is 63.6 Å². The number of benzene rings is 1. The van der Waals surface area contributed by atoms with Gasteiger partial charge >= 0.3 is 6.09 Å². The maximum Gasteiger partial charge on any atom is 0.431 e. The van der Waals surface area contributed by atoms with Crippen LogP contribution < -0.4 is 15.2 Å². The van der Waals surface area contributed by atoms with Crippen molar-refractivity contribution in [1.82, 2.24) is 9.58 Å². The summed E-state index contributed by atoms with van der Waals surface area (Å²) in [6, 6.07) is 10.7. The molecule has 1 fully saturated rings. The molecule has 0 radical (unpaired) electrons. The van der Waals surface area contributed by atoms with Crippen LogP contribution in [0.15, 0.2) is 41.2 Å². The molecule has 0 spiro atoms. The minimum Gasteiger partial charge on any atom is -0.482 e. The molecular formula is C27H35N3O7. The van der Waals surface area contributed by atoms with Crippen molar-refractivity contribution < 1.29 is 28.5 Å². The lowest BCUT2D eigenvalue weighted by Gasteiger charge is -2.40. The van der Waals surface area contributed by atoms with Gasteiger partial charge < -0.3 is 23.8 Å². The number of pyridine rings is 1. The Morgan fingerprint density at radius 1 is 1.11 bits per heavy atom. The van der Waals surface area contributed by atoms with Crippen LogP contribution in [0.1, 0.15) is 68.7 Å². The molecule has 2 amide bonds. The smallest absolute Gasteiger partial charge is 0.431 e. The van der Waals surface area contributed by atoms with Gasteiger partial charge in [-0.25, -0.2) is 9.47 Å². The Labute approximate surface area is 216 Å². The Morgan fingerprint density at radius 2 is 1.86 bits per heavy atom. The first-order valence-corrected chi connectivity index (χ1v) is 12.7. The van der Waals surface area contributed by atoms with E-state index in [2.05, 4.69) is 0 Å². The summed E-state index contributed by atoms with van der Waals surface area (Å²) in [4.78, 5) is 41.7. The van der Waals surface area contributed by atoms with Crippen molar-refractivity contribution in [2.24, 2.45) is 0 Å². The summed E-state index contributed by atoms with van der Waals surface area (Å²) in [5.74, 6) is -0.545. The summed E-state index contributed by atoms with van der Waals surface area (Å²) in [6.45, 7) is 8.02. The zero-order chi connectivity index (χ0) is 26.6. The van der Waals surface area contributed by atoms with E-state index in [-0.39, 0.29) is 31.3 Å². The highest BCUT2D eigenvalue weighted by Gasteiger charge is 2.38. The van der Waals surface area contributed by atoms with Crippen LogP contribution in [-0.2, 0) is 27.4 Å². The Morgan fingerprint density at radius 3 is 2.51 bits per heavy atom. The second-order valence-corrected chi connectivity index (χ2v) is 10.1. The third-order valence-corrected chi connectivity index (χ3v) is 6.02. The Balaban J connectivity index is 1.78. The molecule has 2 aliphatic rings. The van der Waals surface area contributed by atoms with E-state index in [1.165, 1.54) is 20.7 Å². The van der Waals surface area contributed by atoms with Crippen LogP contribution in [0, 0.1) is 0 Å². The van der Waals surface area contributed by atoms with Gasteiger partial charge in [-0.05, 0) is 52.5 Å². The molecule has 10 heteroatoms. The summed E-state index contributed by atoms with van der Waals surface area (Å²) in [5.41, 5.74) is -0.113. The third-order valence-electron chi connectivity index (χ3n) is 6.02. The fourth-order valence-corrected chi connectivity index (χ4v) is 4.23. The van der Waals surface area contributed by atoms with E-state index < -0.39 is 29.3 Å². The number of hydrogen-bond donors (Lipinski definition) is 0. The quantitative estimate of drug-likeness (QED) is 0.556. The highest BCUT2D eigenvalue weighted by molar-refractivity contribution is 5.98. The fraction of sp³-hybridized carbons (Fsp3) is 0.519. The number of amides is 2. The van der Waals surface area contributed by atoms with Gasteiger partial charge in [-0.3, -0.25) is 9.59 Å². The maximum absolute atomic E-state index is 13.6. The summed E-state index contributed by atoms with van der Waals surface area (Å²) < 4.78 is 24.6. The van der Waals surface area contributed by atoms with Crippen molar-refractivity contribution in [3.8, 4) is 5.75 Å². The number of carbonyl (C=O) groups is 2. The average Bonchev–Trinajstić information content (AvgIpc) is 2.87. The minimum atomic E-state index is -0.770. The predicted molar refractivity (Wildman–Crippen MR) is 136 cm³/mol. The largest absolute Gasteiger partial charge is 0.482 e. The number of fused-ring (bicyclic) bond motifs is 1. The SMILES string of the molecule is CCN1CN(C(=O)OC(C)(C)C)n2c(COC3CCCCO3)cc(=O)c(OCc3ccccc3)c2C1=O. The molecule has 2 aromatic rings. The van der Waals surface area contributed by atoms with Crippen LogP contribution in [0.2, 0.25) is 0 Å². The van der Waals surface area contributed by atoms with Crippen LogP contribution in [-0.4, -0.2) is 53.3 Å². The van der Waals surface area contributed by atoms with E-state index in [4.69, 9.17) is 18.9 Å². The van der Waals surface area contributed by atoms with Gasteiger partial charge in [0, 0.05) is 19.2 Å². The molecule has 200 valence electrons. The van der Waals surface area contributed by atoms with E-state index in [0.717, 1.165) is 24.8 Å². The highest BCUT2D eigenvalue weighted by atomic mass is 16.7. The maximum atomic E-state index is 13.6. The molecule has 3 heterocycles. The molecule has 1 aromatic carbocycles. The normalized spacial score (nSPS) is 17.9. The van der Waals surface area contributed by atoms with E-state index >= 15 is 0 Å². The number of ether oxygens (including phenoxy) is 4. The van der Waals surface area contributed by atoms with E-state index in [0.29, 0.717) is 18.8 Å². The number of nitrogens with zero attached hydrogens (tertiary/aromatic N) is 3. The zero-order valence-electron chi connectivity index (χ0n) is 21.9. The summed E-state index contributed by atoms with van der Waals surface area (Å²) in [6.07, 6.45) is 1.59. The van der Waals surface area contributed by atoms with E-state index in [1.807, 2.05) is 30.3 Å². The third kappa shape index (κ3) is 6.31. The standard InChI is InChI=1S/C27H35N3O7/c1-5-28-18-29(26(33)37-27(2,3)4)30-20(17-35-22-13-9-10-14-34-22)15-21(31)24(23(30)25(28)32)36-16-19-11-7-6-8-12-19/h6-8,11-12,15,22H,5,9-10,13-14,16-18H2,1-4H3. The van der Waals surface area contributed by atoms with Gasteiger partial charge in [0.1, 0.15) is 18.9 Å². The first-order valence-electron chi connectivity index (χ1n) is 12.7. The number of hydrogen-bond acceptors (Lipinski definition) is 7. The molecule has 1 aromatic heterocycles. The molecule has 0 bridgehead atoms. The predicted octanol–water partition coefficient (Wildman–Crippen LogP) is 3.78. The summed E-state index contributed by atoms with van der Waals surface area (Å²) >= 11 is 0. The second kappa shape index (κ2) is 11.4. The molecule has 2 aliphatic heterocycles. The molecular weight excluding hydrogens is 478 g/mol. The van der Waals surface area contributed by atoms with Gasteiger partial charge in [0.15, 0.2) is 17.7 Å². The molecule has 1 saturated heterocycles. The van der Waals surface area contributed by atoms with Crippen molar-refractivity contribution in [3.63, 3.8) is 0 Å². The lowest BCUT2D eigenvalue weighted by Crippen LogP contribution is -2.58. The molecule has 4 rings (SSSR count). The second-order valence-electron chi connectivity index (χ2n) is 10.1. The van der Waals surface area contributed by atoms with Crippen LogP contribution in [0.3, 0.4) is 0 Å². The lowest BCUT2D eigenvalue weighted by atomic mass is 10.2. The van der Waals surface area contributed by atoms with Gasteiger partial charge in [0.25, 0.3) is 5.91 Å². The number of carbonyl (C=O) groups excluding carboxylic acids is 2. The monoisotopic (exact) mass is 513 g/mol. The Bertz CT molecular complexity index is 1170. The van der Waals surface area contributed by atoms with E-state index in [1.54, 1.807) is 27.7 Å². The van der Waals surface area contributed by atoms with Crippen molar-refractivity contribution >= 4 is 12.0 Å². The van der Waals surface area contributed by atoms with Gasteiger partial charge in [-0.1, -0.05) is 30.3 Å². The van der Waals surface area contributed by atoms with Crippen LogP contribution >= 0.6 is 0 Å². The molecule has 0 N–H and O–H groups in total. The molecule has 1 atom stereocenters. The van der Waals surface area contributed by atoms with Gasteiger partial charge in [-0.2, -0.15) is 5.01 Å². The van der Waals surface area contributed by atoms with Gasteiger partial charge in [0.2, 0.25) is 5.43 Å². The van der Waals surface area contributed by atoms with Gasteiger partial charge in [0.05, 0.1) is 12.3 Å². The number of aromatic nitrogens is 1. The van der Waals surface area contributed by atoms with Crippen molar-refractivity contribution in [2.45, 2.75) is 72.1 Å². The van der Waals surface area contributed by atoms with Crippen LogP contribution in [0.25, 0.3) is 0 Å². The highest BCUT2D eigenvalue weighted by Crippen LogP contribution is 2.26. The fourth-order valence-electron chi connectivity index (χ4n) is 4.23. The Hall–Kier alpha value is -3.37. The molecule has 10 nitrogen and oxygen atoms in total. The minimum absolute atomic E-state index is 0.0365. The molecule has 0 saturated carbocycles. The lowest BCUT2D eigenvalue weighted by molar-refractivity contribution is -0.170. The zero-order valence-corrected chi connectivity index (χ0v) is 21.9. The van der Waals surface area contributed by atoms with Crippen molar-refractivity contribution in [1.29, 1.82) is 0 Å². The molecule has 0 aliphatic carbocycles. The topological polar surface area (TPSA) is 99.5 Å². The number of rotatable bonds is 7. The van der Waals surface area contributed by atoms with Crippen molar-refractivity contribution in [2.75, 3.05) is 24.8 Å². The summed E-state index contributed by atoms with van der Waals surface area (Å²) in [7, 11) is 0.